The molecule has 0 unspecified atom stereocenters. The maximum absolute atomic E-state index is 11.7. The Kier molecular flexibility index (Phi) is 2.51. The van der Waals surface area contributed by atoms with Crippen molar-refractivity contribution in [1.82, 2.24) is 0 Å². The summed E-state index contributed by atoms with van der Waals surface area (Å²) in [4.78, 5) is 11.7. The maximum atomic E-state index is 11.7. The highest BCUT2D eigenvalue weighted by atomic mass is 16.7. The smallest absolute Gasteiger partial charge is 0.336 e. The molecule has 4 atom stereocenters. The van der Waals surface area contributed by atoms with Gasteiger partial charge in [0.1, 0.15) is 0 Å². The zero-order valence-corrected chi connectivity index (χ0v) is 11.4. The predicted molar refractivity (Wildman–Crippen MR) is 69.0 cm³/mol. The molecule has 0 radical (unpaired) electrons. The summed E-state index contributed by atoms with van der Waals surface area (Å²) in [5.41, 5.74) is 1.85. The minimum absolute atomic E-state index is 0.107. The number of esters is 1. The Balaban J connectivity index is 2.03. The molecule has 0 aromatic rings. The minimum atomic E-state index is -1.44. The van der Waals surface area contributed by atoms with Crippen LogP contribution in [0, 0.1) is 11.3 Å². The van der Waals surface area contributed by atoms with E-state index in [0.29, 0.717) is 30.4 Å². The number of rotatable bonds is 0. The second kappa shape index (κ2) is 3.70. The van der Waals surface area contributed by atoms with Crippen LogP contribution in [-0.2, 0) is 9.53 Å². The predicted octanol–water partition coefficient (Wildman–Crippen LogP) is 1.68. The van der Waals surface area contributed by atoms with Gasteiger partial charge in [-0.3, -0.25) is 0 Å². The zero-order valence-electron chi connectivity index (χ0n) is 11.4. The third kappa shape index (κ3) is 1.63. The molecule has 3 rings (SSSR count). The second-order valence-corrected chi connectivity index (χ2v) is 6.49. The largest absolute Gasteiger partial charge is 0.426 e. The molecule has 0 bridgehead atoms. The Bertz CT molecular complexity index is 506. The molecule has 0 saturated heterocycles. The Hall–Kier alpha value is -1.13. The van der Waals surface area contributed by atoms with Gasteiger partial charge in [-0.2, -0.15) is 0 Å². The summed E-state index contributed by atoms with van der Waals surface area (Å²) in [5, 5.41) is 20.6. The van der Waals surface area contributed by atoms with E-state index < -0.39 is 17.9 Å². The fourth-order valence-electron chi connectivity index (χ4n) is 4.01. The summed E-state index contributed by atoms with van der Waals surface area (Å²) in [6.07, 6.45) is 1.95. The molecule has 3 aliphatic rings. The van der Waals surface area contributed by atoms with Crippen LogP contribution >= 0.6 is 0 Å². The number of fused-ring (bicyclic) bond motifs is 2. The van der Waals surface area contributed by atoms with E-state index in [1.54, 1.807) is 6.92 Å². The summed E-state index contributed by atoms with van der Waals surface area (Å²) in [5.74, 6) is -1.75. The van der Waals surface area contributed by atoms with Crippen LogP contribution in [-0.4, -0.2) is 28.1 Å². The molecule has 2 fully saturated rings. The van der Waals surface area contributed by atoms with Gasteiger partial charge in [-0.15, -0.1) is 0 Å². The molecule has 1 aliphatic heterocycles. The fraction of sp³-hybridized carbons (Fsp3) is 0.667. The number of aliphatic hydroxyl groups excluding tert-OH is 1. The quantitative estimate of drug-likeness (QED) is 0.516. The van der Waals surface area contributed by atoms with E-state index in [9.17, 15) is 15.0 Å². The van der Waals surface area contributed by atoms with Crippen LogP contribution in [0.2, 0.25) is 0 Å². The molecule has 4 nitrogen and oxygen atoms in total. The number of hydrogen-bond acceptors (Lipinski definition) is 4. The molecule has 0 spiro atoms. The minimum Gasteiger partial charge on any atom is -0.426 e. The molecule has 4 heteroatoms. The standard InChI is InChI=1S/C15H20O4/c1-8-10-6-11-9(2)13(17)19-15(11,18)7-14(10,3)5-4-12(8)16/h10,12,16,18H,1,4-7H2,2-3H3/t10-,12-,14+,15-/m1/s1. The van der Waals surface area contributed by atoms with Crippen molar-refractivity contribution in [3.05, 3.63) is 23.3 Å². The van der Waals surface area contributed by atoms with Gasteiger partial charge < -0.3 is 14.9 Å². The van der Waals surface area contributed by atoms with Crippen LogP contribution in [0.3, 0.4) is 0 Å². The summed E-state index contributed by atoms with van der Waals surface area (Å²) in [6.45, 7) is 7.81. The van der Waals surface area contributed by atoms with E-state index in [2.05, 4.69) is 13.5 Å². The van der Waals surface area contributed by atoms with Gasteiger partial charge in [-0.1, -0.05) is 13.5 Å². The molecular weight excluding hydrogens is 244 g/mol. The molecule has 2 saturated carbocycles. The Labute approximate surface area is 112 Å². The van der Waals surface area contributed by atoms with Gasteiger partial charge in [0.15, 0.2) is 0 Å². The Morgan fingerprint density at radius 2 is 2.16 bits per heavy atom. The summed E-state index contributed by atoms with van der Waals surface area (Å²) < 4.78 is 5.19. The molecule has 0 amide bonds. The van der Waals surface area contributed by atoms with Crippen LogP contribution in [0.15, 0.2) is 23.3 Å². The Morgan fingerprint density at radius 3 is 2.84 bits per heavy atom. The van der Waals surface area contributed by atoms with E-state index in [4.69, 9.17) is 4.74 Å². The number of carbonyl (C=O) groups excluding carboxylic acids is 1. The normalized spacial score (nSPS) is 45.9. The molecule has 0 aromatic heterocycles. The number of hydrogen-bond donors (Lipinski definition) is 2. The monoisotopic (exact) mass is 264 g/mol. The molecule has 0 aromatic carbocycles. The lowest BCUT2D eigenvalue weighted by Crippen LogP contribution is -2.50. The summed E-state index contributed by atoms with van der Waals surface area (Å²) in [7, 11) is 0. The molecule has 2 aliphatic carbocycles. The SMILES string of the molecule is C=C1[C@H](O)CC[C@@]2(C)C[C@@]3(O)OC(=O)C(C)=C3C[C@H]12. The average molecular weight is 264 g/mol. The van der Waals surface area contributed by atoms with Gasteiger partial charge in [0.25, 0.3) is 0 Å². The van der Waals surface area contributed by atoms with Crippen molar-refractivity contribution in [1.29, 1.82) is 0 Å². The average Bonchev–Trinajstić information content (AvgIpc) is 2.53. The van der Waals surface area contributed by atoms with Gasteiger partial charge >= 0.3 is 5.97 Å². The van der Waals surface area contributed by atoms with Crippen molar-refractivity contribution in [3.8, 4) is 0 Å². The maximum Gasteiger partial charge on any atom is 0.336 e. The highest BCUT2D eigenvalue weighted by molar-refractivity contribution is 5.92. The van der Waals surface area contributed by atoms with Gasteiger partial charge in [-0.05, 0) is 43.1 Å². The van der Waals surface area contributed by atoms with Crippen molar-refractivity contribution in [2.24, 2.45) is 11.3 Å². The molecule has 1 heterocycles. The van der Waals surface area contributed by atoms with Gasteiger partial charge in [0, 0.05) is 17.6 Å². The molecule has 104 valence electrons. The van der Waals surface area contributed by atoms with Crippen molar-refractivity contribution in [3.63, 3.8) is 0 Å². The van der Waals surface area contributed by atoms with Crippen molar-refractivity contribution in [2.75, 3.05) is 0 Å². The number of aliphatic hydroxyl groups is 2. The van der Waals surface area contributed by atoms with E-state index in [1.165, 1.54) is 0 Å². The zero-order chi connectivity index (χ0) is 14.0. The first-order valence-corrected chi connectivity index (χ1v) is 6.79. The number of carbonyl (C=O) groups is 1. The third-order valence-corrected chi connectivity index (χ3v) is 5.25. The lowest BCUT2D eigenvalue weighted by atomic mass is 9.56. The van der Waals surface area contributed by atoms with Gasteiger partial charge in [-0.25, -0.2) is 4.79 Å². The van der Waals surface area contributed by atoms with Crippen molar-refractivity contribution >= 4 is 5.97 Å². The van der Waals surface area contributed by atoms with Crippen LogP contribution in [0.5, 0.6) is 0 Å². The third-order valence-electron chi connectivity index (χ3n) is 5.25. The highest BCUT2D eigenvalue weighted by Gasteiger charge is 2.57. The van der Waals surface area contributed by atoms with Gasteiger partial charge in [0.2, 0.25) is 5.79 Å². The first kappa shape index (κ1) is 12.9. The van der Waals surface area contributed by atoms with E-state index in [1.807, 2.05) is 0 Å². The van der Waals surface area contributed by atoms with E-state index in [-0.39, 0.29) is 11.3 Å². The number of ether oxygens (including phenoxy) is 1. The molecule has 19 heavy (non-hydrogen) atoms. The fourth-order valence-corrected chi connectivity index (χ4v) is 4.01. The van der Waals surface area contributed by atoms with Crippen LogP contribution in [0.4, 0.5) is 0 Å². The lowest BCUT2D eigenvalue weighted by Gasteiger charge is -2.51. The summed E-state index contributed by atoms with van der Waals surface area (Å²) >= 11 is 0. The Morgan fingerprint density at radius 1 is 1.47 bits per heavy atom. The summed E-state index contributed by atoms with van der Waals surface area (Å²) in [6, 6.07) is 0. The van der Waals surface area contributed by atoms with Crippen LogP contribution in [0.25, 0.3) is 0 Å². The second-order valence-electron chi connectivity index (χ2n) is 6.49. The topological polar surface area (TPSA) is 66.8 Å². The first-order chi connectivity index (χ1) is 8.77. The van der Waals surface area contributed by atoms with Crippen molar-refractivity contribution in [2.45, 2.75) is 51.4 Å². The van der Waals surface area contributed by atoms with Crippen LogP contribution < -0.4 is 0 Å². The van der Waals surface area contributed by atoms with Crippen molar-refractivity contribution < 1.29 is 19.7 Å². The highest BCUT2D eigenvalue weighted by Crippen LogP contribution is 2.58. The first-order valence-electron chi connectivity index (χ1n) is 6.79. The van der Waals surface area contributed by atoms with Gasteiger partial charge in [0.05, 0.1) is 6.10 Å². The molecular formula is C15H20O4. The van der Waals surface area contributed by atoms with E-state index >= 15 is 0 Å². The van der Waals surface area contributed by atoms with Crippen LogP contribution in [0.1, 0.15) is 39.5 Å². The lowest BCUT2D eigenvalue weighted by molar-refractivity contribution is -0.204. The molecule has 2 N–H and O–H groups in total. The van der Waals surface area contributed by atoms with E-state index in [0.717, 1.165) is 12.0 Å².